The Morgan fingerprint density at radius 3 is 2.56 bits per heavy atom. The first-order valence-corrected chi connectivity index (χ1v) is 10.6. The normalized spacial score (nSPS) is 16.2. The number of hydrogen-bond donors (Lipinski definition) is 1. The van der Waals surface area contributed by atoms with Gasteiger partial charge in [-0.3, -0.25) is 14.5 Å². The number of aliphatic hydroxyl groups is 1. The minimum absolute atomic E-state index is 0.00630. The number of Topliss-reactive ketones (excluding diaryl/α,β-unsaturated/α-hetero) is 1. The summed E-state index contributed by atoms with van der Waals surface area (Å²) in [6, 6.07) is 7.10. The predicted octanol–water partition coefficient (Wildman–Crippen LogP) is 4.05. The lowest BCUT2D eigenvalue weighted by atomic mass is 9.94. The summed E-state index contributed by atoms with van der Waals surface area (Å²) in [6.07, 6.45) is 1.35. The molecule has 1 aliphatic rings. The average Bonchev–Trinajstić information content (AvgIpc) is 3.53. The summed E-state index contributed by atoms with van der Waals surface area (Å²) in [4.78, 5) is 27.8. The summed E-state index contributed by atoms with van der Waals surface area (Å²) in [7, 11) is 2.95. The first-order valence-electron chi connectivity index (χ1n) is 9.78. The Morgan fingerprint density at radius 2 is 1.97 bits per heavy atom. The Morgan fingerprint density at radius 1 is 1.19 bits per heavy atom. The molecule has 1 unspecified atom stereocenters. The SMILES string of the molecule is COc1cccc(C2C(C(=O)c3ccco3)=C(O)C(=O)N2c2nnc(C(C)C)s2)c1OC. The number of benzene rings is 1. The molecule has 4 rings (SSSR count). The molecule has 1 N–H and O–H groups in total. The second-order valence-corrected chi connectivity index (χ2v) is 8.29. The predicted molar refractivity (Wildman–Crippen MR) is 116 cm³/mol. The van der Waals surface area contributed by atoms with Crippen molar-refractivity contribution in [3.8, 4) is 11.5 Å². The van der Waals surface area contributed by atoms with Crippen molar-refractivity contribution < 1.29 is 28.6 Å². The molecule has 2 aromatic heterocycles. The van der Waals surface area contributed by atoms with Crippen molar-refractivity contribution in [3.05, 3.63) is 64.3 Å². The number of rotatable bonds is 7. The zero-order chi connectivity index (χ0) is 23.0. The number of amides is 1. The molecule has 32 heavy (non-hydrogen) atoms. The second-order valence-electron chi connectivity index (χ2n) is 7.31. The number of aliphatic hydroxyl groups excluding tert-OH is 1. The standard InChI is InChI=1S/C22H21N3O6S/c1-11(2)20-23-24-22(32-20)25-16(12-7-5-8-14(29-3)19(12)30-4)15(18(27)21(25)28)17(26)13-9-6-10-31-13/h5-11,16,27H,1-4H3. The summed E-state index contributed by atoms with van der Waals surface area (Å²) in [5.41, 5.74) is 0.304. The van der Waals surface area contributed by atoms with E-state index >= 15 is 0 Å². The van der Waals surface area contributed by atoms with Crippen LogP contribution in [0, 0.1) is 0 Å². The Balaban J connectivity index is 1.93. The highest BCUT2D eigenvalue weighted by atomic mass is 32.1. The van der Waals surface area contributed by atoms with Crippen LogP contribution in [0.5, 0.6) is 11.5 Å². The van der Waals surface area contributed by atoms with E-state index in [0.29, 0.717) is 17.1 Å². The summed E-state index contributed by atoms with van der Waals surface area (Å²) in [5, 5.41) is 20.1. The smallest absolute Gasteiger partial charge is 0.296 e. The first-order chi connectivity index (χ1) is 15.4. The monoisotopic (exact) mass is 455 g/mol. The fourth-order valence-electron chi connectivity index (χ4n) is 3.55. The number of carbonyl (C=O) groups excluding carboxylic acids is 2. The van der Waals surface area contributed by atoms with Crippen molar-refractivity contribution in [3.63, 3.8) is 0 Å². The van der Waals surface area contributed by atoms with Crippen LogP contribution in [0.15, 0.2) is 52.3 Å². The minimum Gasteiger partial charge on any atom is -0.503 e. The lowest BCUT2D eigenvalue weighted by Gasteiger charge is -2.26. The van der Waals surface area contributed by atoms with E-state index in [0.717, 1.165) is 5.01 Å². The number of carbonyl (C=O) groups is 2. The number of hydrogen-bond acceptors (Lipinski definition) is 9. The third-order valence-corrected chi connectivity index (χ3v) is 6.28. The van der Waals surface area contributed by atoms with Gasteiger partial charge < -0.3 is 19.0 Å². The van der Waals surface area contributed by atoms with Crippen molar-refractivity contribution in [2.24, 2.45) is 0 Å². The molecule has 0 aliphatic carbocycles. The van der Waals surface area contributed by atoms with Crippen molar-refractivity contribution in [2.45, 2.75) is 25.8 Å². The van der Waals surface area contributed by atoms with Gasteiger partial charge in [0.25, 0.3) is 5.91 Å². The lowest BCUT2D eigenvalue weighted by molar-refractivity contribution is -0.117. The fourth-order valence-corrected chi connectivity index (χ4v) is 4.43. The van der Waals surface area contributed by atoms with Gasteiger partial charge in [0.15, 0.2) is 23.0 Å². The Labute approximate surface area is 187 Å². The van der Waals surface area contributed by atoms with E-state index in [1.807, 2.05) is 13.8 Å². The Hall–Kier alpha value is -3.66. The van der Waals surface area contributed by atoms with Gasteiger partial charge in [-0.25, -0.2) is 0 Å². The van der Waals surface area contributed by atoms with Crippen LogP contribution in [0.4, 0.5) is 5.13 Å². The van der Waals surface area contributed by atoms with Gasteiger partial charge in [-0.05, 0) is 18.2 Å². The van der Waals surface area contributed by atoms with E-state index in [9.17, 15) is 14.7 Å². The largest absolute Gasteiger partial charge is 0.503 e. The molecular formula is C22H21N3O6S. The highest BCUT2D eigenvalue weighted by molar-refractivity contribution is 7.15. The highest BCUT2D eigenvalue weighted by Gasteiger charge is 2.48. The zero-order valence-corrected chi connectivity index (χ0v) is 18.7. The van der Waals surface area contributed by atoms with E-state index < -0.39 is 23.5 Å². The van der Waals surface area contributed by atoms with Gasteiger partial charge in [-0.15, -0.1) is 10.2 Å². The molecule has 1 aliphatic heterocycles. The van der Waals surface area contributed by atoms with Crippen LogP contribution in [0.3, 0.4) is 0 Å². The van der Waals surface area contributed by atoms with Crippen LogP contribution < -0.4 is 14.4 Å². The van der Waals surface area contributed by atoms with Crippen LogP contribution in [0.25, 0.3) is 0 Å². The number of aromatic nitrogens is 2. The van der Waals surface area contributed by atoms with Crippen LogP contribution in [0.2, 0.25) is 0 Å². The van der Waals surface area contributed by atoms with Gasteiger partial charge in [-0.1, -0.05) is 37.3 Å². The van der Waals surface area contributed by atoms with E-state index in [4.69, 9.17) is 13.9 Å². The molecule has 0 spiro atoms. The van der Waals surface area contributed by atoms with E-state index in [1.54, 1.807) is 24.3 Å². The van der Waals surface area contributed by atoms with E-state index in [-0.39, 0.29) is 22.4 Å². The highest BCUT2D eigenvalue weighted by Crippen LogP contribution is 2.47. The quantitative estimate of drug-likeness (QED) is 0.531. The summed E-state index contributed by atoms with van der Waals surface area (Å²) < 4.78 is 16.2. The van der Waals surface area contributed by atoms with Crippen molar-refractivity contribution in [1.29, 1.82) is 0 Å². The summed E-state index contributed by atoms with van der Waals surface area (Å²) >= 11 is 1.22. The molecule has 0 radical (unpaired) electrons. The number of methoxy groups -OCH3 is 2. The molecule has 3 heterocycles. The van der Waals surface area contributed by atoms with Crippen LogP contribution in [-0.2, 0) is 4.79 Å². The number of ether oxygens (including phenoxy) is 2. The molecule has 0 saturated carbocycles. The lowest BCUT2D eigenvalue weighted by Crippen LogP contribution is -2.31. The molecule has 10 heteroatoms. The molecular weight excluding hydrogens is 434 g/mol. The van der Waals surface area contributed by atoms with Gasteiger partial charge in [0.1, 0.15) is 11.0 Å². The molecule has 0 saturated heterocycles. The van der Waals surface area contributed by atoms with Crippen molar-refractivity contribution in [1.82, 2.24) is 10.2 Å². The number of anilines is 1. The number of nitrogens with zero attached hydrogens (tertiary/aromatic N) is 3. The van der Waals surface area contributed by atoms with Crippen LogP contribution in [0.1, 0.15) is 46.9 Å². The topological polar surface area (TPSA) is 115 Å². The van der Waals surface area contributed by atoms with Crippen LogP contribution in [-0.4, -0.2) is 41.2 Å². The Bertz CT molecular complexity index is 1200. The molecule has 0 bridgehead atoms. The zero-order valence-electron chi connectivity index (χ0n) is 17.9. The molecule has 3 aromatic rings. The van der Waals surface area contributed by atoms with Gasteiger partial charge >= 0.3 is 0 Å². The molecule has 1 amide bonds. The van der Waals surface area contributed by atoms with Gasteiger partial charge in [0.05, 0.1) is 26.1 Å². The van der Waals surface area contributed by atoms with E-state index in [1.165, 1.54) is 42.8 Å². The Kier molecular flexibility index (Phi) is 5.70. The third kappa shape index (κ3) is 3.42. The molecule has 9 nitrogen and oxygen atoms in total. The van der Waals surface area contributed by atoms with E-state index in [2.05, 4.69) is 10.2 Å². The number of ketones is 1. The number of furan rings is 1. The van der Waals surface area contributed by atoms with Gasteiger partial charge in [0, 0.05) is 11.5 Å². The maximum Gasteiger partial charge on any atom is 0.296 e. The maximum absolute atomic E-state index is 13.3. The fraction of sp³-hybridized carbons (Fsp3) is 0.273. The summed E-state index contributed by atoms with van der Waals surface area (Å²) in [6.45, 7) is 3.92. The number of para-hydroxylation sites is 1. The van der Waals surface area contributed by atoms with Gasteiger partial charge in [0.2, 0.25) is 10.9 Å². The maximum atomic E-state index is 13.3. The molecule has 1 atom stereocenters. The second kappa shape index (κ2) is 8.46. The van der Waals surface area contributed by atoms with Gasteiger partial charge in [-0.2, -0.15) is 0 Å². The van der Waals surface area contributed by atoms with Crippen molar-refractivity contribution in [2.75, 3.05) is 19.1 Å². The summed E-state index contributed by atoms with van der Waals surface area (Å²) in [5.74, 6) is -1.24. The average molecular weight is 455 g/mol. The minimum atomic E-state index is -1.03. The molecule has 1 aromatic carbocycles. The van der Waals surface area contributed by atoms with Crippen molar-refractivity contribution >= 4 is 28.2 Å². The third-order valence-electron chi connectivity index (χ3n) is 5.06. The molecule has 166 valence electrons. The molecule has 0 fully saturated rings. The first kappa shape index (κ1) is 21.6. The van der Waals surface area contributed by atoms with Crippen LogP contribution >= 0.6 is 11.3 Å².